The van der Waals surface area contributed by atoms with Gasteiger partial charge in [-0.1, -0.05) is 12.1 Å². The van der Waals surface area contributed by atoms with Gasteiger partial charge in [0.05, 0.1) is 19.8 Å². The topological polar surface area (TPSA) is 105 Å². The highest BCUT2D eigenvalue weighted by atomic mass is 16.5. The van der Waals surface area contributed by atoms with Crippen molar-refractivity contribution in [2.24, 2.45) is 0 Å². The van der Waals surface area contributed by atoms with Crippen molar-refractivity contribution in [1.82, 2.24) is 0 Å². The number of Topliss-reactive ketones (excluding diaryl/α,β-unsaturated/α-hetero) is 1. The third kappa shape index (κ3) is 4.45. The van der Waals surface area contributed by atoms with Gasteiger partial charge in [-0.25, -0.2) is 9.59 Å². The van der Waals surface area contributed by atoms with Gasteiger partial charge in [-0.15, -0.1) is 0 Å². The van der Waals surface area contributed by atoms with E-state index in [1.807, 2.05) is 0 Å². The van der Waals surface area contributed by atoms with Gasteiger partial charge in [0.2, 0.25) is 0 Å². The van der Waals surface area contributed by atoms with Crippen LogP contribution in [0.25, 0.3) is 33.1 Å². The molecule has 0 N–H and O–H groups in total. The van der Waals surface area contributed by atoms with Crippen LogP contribution in [0.5, 0.6) is 17.2 Å². The fourth-order valence-corrected chi connectivity index (χ4v) is 4.19. The Morgan fingerprint density at radius 2 is 1.59 bits per heavy atom. The number of ether oxygens (including phenoxy) is 3. The van der Waals surface area contributed by atoms with Crippen LogP contribution in [0.15, 0.2) is 85.2 Å². The van der Waals surface area contributed by atoms with Crippen molar-refractivity contribution >= 4 is 27.7 Å². The first-order chi connectivity index (χ1) is 17.9. The minimum atomic E-state index is -0.637. The SMILES string of the molecule is COc1ccc(C(=O)COc2ccc3c(-c4cc5cccc(OC)c5oc4=O)cc(=O)oc3c2C)cc1. The molecule has 0 bridgehead atoms. The molecule has 0 aliphatic heterocycles. The molecule has 2 heterocycles. The summed E-state index contributed by atoms with van der Waals surface area (Å²) in [6.45, 7) is 1.51. The summed E-state index contributed by atoms with van der Waals surface area (Å²) in [4.78, 5) is 38.0. The number of carbonyl (C=O) groups is 1. The van der Waals surface area contributed by atoms with Gasteiger partial charge in [0, 0.05) is 33.5 Å². The number of ketones is 1. The summed E-state index contributed by atoms with van der Waals surface area (Å²) in [6.07, 6.45) is 0. The zero-order chi connectivity index (χ0) is 26.1. The molecule has 0 unspecified atom stereocenters. The van der Waals surface area contributed by atoms with Crippen LogP contribution < -0.4 is 25.5 Å². The molecule has 186 valence electrons. The number of fused-ring (bicyclic) bond motifs is 2. The standard InChI is InChI=1S/C29H22O8/c1-16-24(35-15-23(30)17-7-9-19(33-2)10-8-17)12-11-20-21(14-26(31)36-27(16)20)22-13-18-5-4-6-25(34-3)28(18)37-29(22)32/h4-14H,15H2,1-3H3. The number of benzene rings is 3. The van der Waals surface area contributed by atoms with Gasteiger partial charge in [-0.2, -0.15) is 0 Å². The Morgan fingerprint density at radius 1 is 0.811 bits per heavy atom. The van der Waals surface area contributed by atoms with Crippen LogP contribution in [0.2, 0.25) is 0 Å². The molecular weight excluding hydrogens is 476 g/mol. The van der Waals surface area contributed by atoms with E-state index < -0.39 is 11.3 Å². The number of hydrogen-bond donors (Lipinski definition) is 0. The van der Waals surface area contributed by atoms with Crippen LogP contribution in [-0.4, -0.2) is 26.6 Å². The van der Waals surface area contributed by atoms with E-state index in [0.29, 0.717) is 50.3 Å². The molecule has 5 aromatic rings. The lowest BCUT2D eigenvalue weighted by Crippen LogP contribution is -2.12. The average Bonchev–Trinajstić information content (AvgIpc) is 2.91. The van der Waals surface area contributed by atoms with Gasteiger partial charge < -0.3 is 23.0 Å². The lowest BCUT2D eigenvalue weighted by molar-refractivity contribution is 0.0921. The number of hydrogen-bond acceptors (Lipinski definition) is 8. The van der Waals surface area contributed by atoms with Crippen molar-refractivity contribution in [1.29, 1.82) is 0 Å². The molecule has 0 spiro atoms. The van der Waals surface area contributed by atoms with Crippen molar-refractivity contribution in [3.8, 4) is 28.4 Å². The Hall–Kier alpha value is -4.85. The Kier molecular flexibility index (Phi) is 6.23. The predicted octanol–water partition coefficient (Wildman–Crippen LogP) is 5.15. The zero-order valence-electron chi connectivity index (χ0n) is 20.3. The van der Waals surface area contributed by atoms with Crippen LogP contribution in [0, 0.1) is 6.92 Å². The van der Waals surface area contributed by atoms with E-state index in [4.69, 9.17) is 23.0 Å². The van der Waals surface area contributed by atoms with Crippen molar-refractivity contribution in [3.63, 3.8) is 0 Å². The Labute approximate surface area is 210 Å². The quantitative estimate of drug-likeness (QED) is 0.224. The normalized spacial score (nSPS) is 11.0. The molecular formula is C29H22O8. The van der Waals surface area contributed by atoms with E-state index in [1.165, 1.54) is 13.2 Å². The molecule has 0 saturated heterocycles. The molecule has 3 aromatic carbocycles. The fourth-order valence-electron chi connectivity index (χ4n) is 4.19. The van der Waals surface area contributed by atoms with Gasteiger partial charge in [0.15, 0.2) is 23.7 Å². The summed E-state index contributed by atoms with van der Waals surface area (Å²) in [7, 11) is 3.04. The van der Waals surface area contributed by atoms with Gasteiger partial charge >= 0.3 is 11.3 Å². The molecule has 0 radical (unpaired) electrons. The number of carbonyl (C=O) groups excluding carboxylic acids is 1. The molecule has 0 aliphatic rings. The molecule has 0 atom stereocenters. The first kappa shape index (κ1) is 23.9. The molecule has 5 rings (SSSR count). The molecule has 8 nitrogen and oxygen atoms in total. The fraction of sp³-hybridized carbons (Fsp3) is 0.138. The number of para-hydroxylation sites is 1. The monoisotopic (exact) mass is 498 g/mol. The van der Waals surface area contributed by atoms with E-state index in [-0.39, 0.29) is 23.5 Å². The molecule has 0 saturated carbocycles. The van der Waals surface area contributed by atoms with Crippen molar-refractivity contribution in [2.75, 3.05) is 20.8 Å². The highest BCUT2D eigenvalue weighted by molar-refractivity contribution is 5.98. The van der Waals surface area contributed by atoms with Crippen LogP contribution in [0.1, 0.15) is 15.9 Å². The second-order valence-corrected chi connectivity index (χ2v) is 8.31. The molecule has 8 heteroatoms. The average molecular weight is 498 g/mol. The maximum atomic E-state index is 12.9. The lowest BCUT2D eigenvalue weighted by Gasteiger charge is -2.12. The molecule has 0 amide bonds. The minimum absolute atomic E-state index is 0.210. The largest absolute Gasteiger partial charge is 0.497 e. The van der Waals surface area contributed by atoms with Gasteiger partial charge in [0.25, 0.3) is 0 Å². The first-order valence-electron chi connectivity index (χ1n) is 11.4. The lowest BCUT2D eigenvalue weighted by atomic mass is 10.0. The Balaban J connectivity index is 1.52. The predicted molar refractivity (Wildman–Crippen MR) is 138 cm³/mol. The van der Waals surface area contributed by atoms with Crippen LogP contribution in [-0.2, 0) is 0 Å². The van der Waals surface area contributed by atoms with Gasteiger partial charge in [-0.05, 0) is 55.5 Å². The molecule has 37 heavy (non-hydrogen) atoms. The van der Waals surface area contributed by atoms with E-state index in [1.54, 1.807) is 74.7 Å². The first-order valence-corrected chi connectivity index (χ1v) is 11.4. The van der Waals surface area contributed by atoms with E-state index in [9.17, 15) is 14.4 Å². The maximum absolute atomic E-state index is 12.9. The highest BCUT2D eigenvalue weighted by Crippen LogP contribution is 2.34. The number of methoxy groups -OCH3 is 2. The van der Waals surface area contributed by atoms with Crippen LogP contribution >= 0.6 is 0 Å². The third-order valence-corrected chi connectivity index (χ3v) is 6.12. The summed E-state index contributed by atoms with van der Waals surface area (Å²) in [6, 6.07) is 18.3. The molecule has 0 fully saturated rings. The Morgan fingerprint density at radius 3 is 2.32 bits per heavy atom. The summed E-state index contributed by atoms with van der Waals surface area (Å²) in [5, 5.41) is 1.17. The van der Waals surface area contributed by atoms with Crippen LogP contribution in [0.3, 0.4) is 0 Å². The Bertz CT molecular complexity index is 1760. The third-order valence-electron chi connectivity index (χ3n) is 6.12. The smallest absolute Gasteiger partial charge is 0.344 e. The number of rotatable bonds is 7. The summed E-state index contributed by atoms with van der Waals surface area (Å²) < 4.78 is 27.2. The molecule has 2 aromatic heterocycles. The maximum Gasteiger partial charge on any atom is 0.344 e. The second kappa shape index (κ2) is 9.66. The van der Waals surface area contributed by atoms with Crippen molar-refractivity contribution in [3.05, 3.63) is 98.7 Å². The summed E-state index contributed by atoms with van der Waals surface area (Å²) in [5.41, 5.74) is 0.893. The zero-order valence-corrected chi connectivity index (χ0v) is 20.3. The summed E-state index contributed by atoms with van der Waals surface area (Å²) in [5.74, 6) is 1.24. The van der Waals surface area contributed by atoms with Gasteiger partial charge in [-0.3, -0.25) is 4.79 Å². The van der Waals surface area contributed by atoms with Crippen molar-refractivity contribution < 1.29 is 27.8 Å². The van der Waals surface area contributed by atoms with E-state index >= 15 is 0 Å². The van der Waals surface area contributed by atoms with Gasteiger partial charge in [0.1, 0.15) is 17.1 Å². The summed E-state index contributed by atoms with van der Waals surface area (Å²) >= 11 is 0. The second-order valence-electron chi connectivity index (χ2n) is 8.31. The van der Waals surface area contributed by atoms with Crippen LogP contribution in [0.4, 0.5) is 0 Å². The minimum Gasteiger partial charge on any atom is -0.497 e. The number of aryl methyl sites for hydroxylation is 1. The molecule has 0 aliphatic carbocycles. The highest BCUT2D eigenvalue weighted by Gasteiger charge is 2.18. The van der Waals surface area contributed by atoms with E-state index in [2.05, 4.69) is 0 Å². The van der Waals surface area contributed by atoms with E-state index in [0.717, 1.165) is 0 Å². The van der Waals surface area contributed by atoms with Crippen molar-refractivity contribution in [2.45, 2.75) is 6.92 Å².